The molecule has 5 nitrogen and oxygen atoms in total. The van der Waals surface area contributed by atoms with E-state index in [2.05, 4.69) is 27.7 Å². The van der Waals surface area contributed by atoms with Crippen molar-refractivity contribution >= 4 is 34.4 Å². The zero-order chi connectivity index (χ0) is 15.9. The van der Waals surface area contributed by atoms with Gasteiger partial charge < -0.3 is 15.3 Å². The van der Waals surface area contributed by atoms with Gasteiger partial charge in [-0.2, -0.15) is 0 Å². The van der Waals surface area contributed by atoms with Crippen molar-refractivity contribution in [3.63, 3.8) is 0 Å². The van der Waals surface area contributed by atoms with Crippen LogP contribution in [0.3, 0.4) is 0 Å². The second-order valence-electron chi connectivity index (χ2n) is 4.46. The van der Waals surface area contributed by atoms with Gasteiger partial charge in [0.1, 0.15) is 11.6 Å². The summed E-state index contributed by atoms with van der Waals surface area (Å²) in [6, 6.07) is 14.5. The molecule has 22 heavy (non-hydrogen) atoms. The smallest absolute Gasteiger partial charge is 0.365 e. The van der Waals surface area contributed by atoms with Gasteiger partial charge >= 0.3 is 5.97 Å². The largest absolute Gasteiger partial charge is 0.496 e. The van der Waals surface area contributed by atoms with Crippen molar-refractivity contribution in [1.29, 1.82) is 0 Å². The molecule has 2 aromatic rings. The summed E-state index contributed by atoms with van der Waals surface area (Å²) in [5.41, 5.74) is 7.10. The predicted octanol–water partition coefficient (Wildman–Crippen LogP) is 2.97. The van der Waals surface area contributed by atoms with Crippen molar-refractivity contribution in [2.75, 3.05) is 7.11 Å². The lowest BCUT2D eigenvalue weighted by Crippen LogP contribution is -2.17. The van der Waals surface area contributed by atoms with Crippen LogP contribution < -0.4 is 10.5 Å². The molecular weight excluding hydrogens is 395 g/mol. The standard InChI is InChI=1S/C16H15IN2O3/c1-21-14-8-3-2-5-11(14)10-15(18)19-22-16(20)12-6-4-7-13(17)9-12/h2-9H,10H2,1H3,(H2,18,19). The lowest BCUT2D eigenvalue weighted by atomic mass is 10.1. The van der Waals surface area contributed by atoms with Crippen LogP contribution in [0.15, 0.2) is 53.7 Å². The number of hydrogen-bond donors (Lipinski definition) is 1. The average molecular weight is 410 g/mol. The first kappa shape index (κ1) is 16.3. The Hall–Kier alpha value is -2.09. The summed E-state index contributed by atoms with van der Waals surface area (Å²) in [5.74, 6) is 0.370. The minimum absolute atomic E-state index is 0.198. The Morgan fingerprint density at radius 3 is 2.73 bits per heavy atom. The van der Waals surface area contributed by atoms with Crippen LogP contribution in [-0.2, 0) is 11.3 Å². The van der Waals surface area contributed by atoms with E-state index in [4.69, 9.17) is 15.3 Å². The molecule has 0 spiro atoms. The molecule has 0 amide bonds. The van der Waals surface area contributed by atoms with Gasteiger partial charge in [-0.15, -0.1) is 0 Å². The first-order valence-electron chi connectivity index (χ1n) is 6.51. The Morgan fingerprint density at radius 1 is 1.23 bits per heavy atom. The maximum absolute atomic E-state index is 11.9. The molecule has 0 saturated heterocycles. The Bertz CT molecular complexity index is 701. The molecule has 0 atom stereocenters. The molecule has 2 N–H and O–H groups in total. The van der Waals surface area contributed by atoms with Gasteiger partial charge in [-0.1, -0.05) is 29.4 Å². The highest BCUT2D eigenvalue weighted by Gasteiger charge is 2.09. The summed E-state index contributed by atoms with van der Waals surface area (Å²) in [6.07, 6.45) is 0.337. The highest BCUT2D eigenvalue weighted by molar-refractivity contribution is 14.1. The van der Waals surface area contributed by atoms with Crippen LogP contribution in [-0.4, -0.2) is 18.9 Å². The molecule has 0 aliphatic carbocycles. The van der Waals surface area contributed by atoms with E-state index in [9.17, 15) is 4.79 Å². The van der Waals surface area contributed by atoms with Crippen LogP contribution in [0.1, 0.15) is 15.9 Å². The fourth-order valence-corrected chi connectivity index (χ4v) is 2.39. The number of benzene rings is 2. The molecule has 0 saturated carbocycles. The van der Waals surface area contributed by atoms with E-state index in [-0.39, 0.29) is 5.84 Å². The molecule has 0 fully saturated rings. The molecular formula is C16H15IN2O3. The SMILES string of the molecule is COc1ccccc1CC(N)=NOC(=O)c1cccc(I)c1. The number of halogens is 1. The van der Waals surface area contributed by atoms with Gasteiger partial charge in [0.15, 0.2) is 0 Å². The average Bonchev–Trinajstić information content (AvgIpc) is 2.53. The second-order valence-corrected chi connectivity index (χ2v) is 5.71. The van der Waals surface area contributed by atoms with Gasteiger partial charge in [-0.05, 0) is 46.9 Å². The quantitative estimate of drug-likeness (QED) is 0.271. The topological polar surface area (TPSA) is 73.9 Å². The van der Waals surface area contributed by atoms with Gasteiger partial charge in [-0.3, -0.25) is 0 Å². The lowest BCUT2D eigenvalue weighted by molar-refractivity contribution is 0.0515. The van der Waals surface area contributed by atoms with Crippen molar-refractivity contribution in [3.05, 3.63) is 63.2 Å². The number of oxime groups is 1. The third-order valence-electron chi connectivity index (χ3n) is 2.87. The number of carbonyl (C=O) groups excluding carboxylic acids is 1. The number of nitrogens with zero attached hydrogens (tertiary/aromatic N) is 1. The molecule has 0 bridgehead atoms. The third-order valence-corrected chi connectivity index (χ3v) is 3.54. The van der Waals surface area contributed by atoms with E-state index >= 15 is 0 Å². The van der Waals surface area contributed by atoms with Crippen molar-refractivity contribution < 1.29 is 14.4 Å². The number of nitrogens with two attached hydrogens (primary N) is 1. The summed E-state index contributed by atoms with van der Waals surface area (Å²) < 4.78 is 6.18. The second kappa shape index (κ2) is 7.79. The molecule has 0 aliphatic rings. The Labute approximate surface area is 142 Å². The molecule has 0 radical (unpaired) electrons. The van der Waals surface area contributed by atoms with Crippen LogP contribution in [0.25, 0.3) is 0 Å². The zero-order valence-corrected chi connectivity index (χ0v) is 14.1. The maximum atomic E-state index is 11.9. The predicted molar refractivity (Wildman–Crippen MR) is 92.9 cm³/mol. The summed E-state index contributed by atoms with van der Waals surface area (Å²) in [6.45, 7) is 0. The van der Waals surface area contributed by atoms with Crippen molar-refractivity contribution in [1.82, 2.24) is 0 Å². The molecule has 0 unspecified atom stereocenters. The third kappa shape index (κ3) is 4.45. The Balaban J connectivity index is 2.02. The summed E-state index contributed by atoms with van der Waals surface area (Å²) in [4.78, 5) is 16.7. The molecule has 2 rings (SSSR count). The molecule has 0 aliphatic heterocycles. The zero-order valence-electron chi connectivity index (χ0n) is 12.0. The number of hydrogen-bond acceptors (Lipinski definition) is 4. The van der Waals surface area contributed by atoms with Crippen LogP contribution >= 0.6 is 22.6 Å². The van der Waals surface area contributed by atoms with E-state index in [0.29, 0.717) is 17.7 Å². The fourth-order valence-electron chi connectivity index (χ4n) is 1.84. The minimum Gasteiger partial charge on any atom is -0.496 e. The molecule has 0 heterocycles. The van der Waals surface area contributed by atoms with E-state index in [0.717, 1.165) is 9.13 Å². The monoisotopic (exact) mass is 410 g/mol. The number of carbonyl (C=O) groups is 1. The van der Waals surface area contributed by atoms with Crippen molar-refractivity contribution in [2.45, 2.75) is 6.42 Å². The summed E-state index contributed by atoms with van der Waals surface area (Å²) in [5, 5.41) is 3.69. The number of rotatable bonds is 5. The van der Waals surface area contributed by atoms with E-state index < -0.39 is 5.97 Å². The van der Waals surface area contributed by atoms with E-state index in [1.807, 2.05) is 30.3 Å². The highest BCUT2D eigenvalue weighted by Crippen LogP contribution is 2.17. The van der Waals surface area contributed by atoms with E-state index in [1.165, 1.54) is 0 Å². The highest BCUT2D eigenvalue weighted by atomic mass is 127. The van der Waals surface area contributed by atoms with Gasteiger partial charge in [0.05, 0.1) is 12.7 Å². The van der Waals surface area contributed by atoms with Crippen LogP contribution in [0.5, 0.6) is 5.75 Å². The summed E-state index contributed by atoms with van der Waals surface area (Å²) in [7, 11) is 1.59. The molecule has 6 heteroatoms. The first-order valence-corrected chi connectivity index (χ1v) is 7.59. The number of amidine groups is 1. The summed E-state index contributed by atoms with van der Waals surface area (Å²) >= 11 is 2.12. The van der Waals surface area contributed by atoms with Crippen molar-refractivity contribution in [3.8, 4) is 5.75 Å². The van der Waals surface area contributed by atoms with Gasteiger partial charge in [-0.25, -0.2) is 4.79 Å². The Kier molecular flexibility index (Phi) is 5.76. The van der Waals surface area contributed by atoms with Crippen molar-refractivity contribution in [2.24, 2.45) is 10.9 Å². The number of methoxy groups -OCH3 is 1. The van der Waals surface area contributed by atoms with Crippen LogP contribution in [0.2, 0.25) is 0 Å². The van der Waals surface area contributed by atoms with Gasteiger partial charge in [0, 0.05) is 15.6 Å². The molecule has 2 aromatic carbocycles. The van der Waals surface area contributed by atoms with Gasteiger partial charge in [0.2, 0.25) is 0 Å². The minimum atomic E-state index is -0.540. The number of ether oxygens (including phenoxy) is 1. The van der Waals surface area contributed by atoms with E-state index in [1.54, 1.807) is 25.3 Å². The molecule has 114 valence electrons. The number of para-hydroxylation sites is 1. The fraction of sp³-hybridized carbons (Fsp3) is 0.125. The van der Waals surface area contributed by atoms with Crippen LogP contribution in [0.4, 0.5) is 0 Å². The normalized spacial score (nSPS) is 11.1. The van der Waals surface area contributed by atoms with Gasteiger partial charge in [0.25, 0.3) is 0 Å². The molecule has 0 aromatic heterocycles. The maximum Gasteiger partial charge on any atom is 0.365 e. The first-order chi connectivity index (χ1) is 10.6. The lowest BCUT2D eigenvalue weighted by Gasteiger charge is -2.07. The van der Waals surface area contributed by atoms with Crippen LogP contribution in [0, 0.1) is 3.57 Å². The Morgan fingerprint density at radius 2 is 2.00 bits per heavy atom.